The number of hydrogen-bond acceptors (Lipinski definition) is 5. The van der Waals surface area contributed by atoms with E-state index in [1.165, 1.54) is 11.3 Å². The number of carbonyl (C=O) groups excluding carboxylic acids is 2. The van der Waals surface area contributed by atoms with Gasteiger partial charge in [-0.2, -0.15) is 0 Å². The standard InChI is InChI=1S/C25H22F2N2O3S/c1-3-28(4-2)17-10-7-15(8-11-17)22-21(23(30)20-6-5-13-33-20)24(31)25(32)29(22)19-14-16(26)9-12-18(19)27/h5-14,22,31H,3-4H2,1-2H3. The first kappa shape index (κ1) is 22.7. The number of aliphatic hydroxyl groups excluding tert-OH is 1. The summed E-state index contributed by atoms with van der Waals surface area (Å²) in [6.07, 6.45) is 0. The number of nitrogens with zero attached hydrogens (tertiary/aromatic N) is 2. The Bertz CT molecular complexity index is 1220. The molecule has 4 rings (SSSR count). The van der Waals surface area contributed by atoms with E-state index in [0.29, 0.717) is 10.4 Å². The summed E-state index contributed by atoms with van der Waals surface area (Å²) in [6.45, 7) is 5.64. The zero-order valence-corrected chi connectivity index (χ0v) is 18.9. The molecule has 1 N–H and O–H groups in total. The van der Waals surface area contributed by atoms with Crippen LogP contribution in [0.4, 0.5) is 20.2 Å². The number of carbonyl (C=O) groups is 2. The third-order valence-corrected chi connectivity index (χ3v) is 6.57. The molecule has 8 heteroatoms. The SMILES string of the molecule is CCN(CC)c1ccc(C2C(C(=O)c3cccs3)=C(O)C(=O)N2c2cc(F)ccc2F)cc1. The Labute approximate surface area is 194 Å². The first-order valence-corrected chi connectivity index (χ1v) is 11.4. The van der Waals surface area contributed by atoms with Gasteiger partial charge >= 0.3 is 0 Å². The highest BCUT2D eigenvalue weighted by molar-refractivity contribution is 7.12. The minimum atomic E-state index is -1.12. The summed E-state index contributed by atoms with van der Waals surface area (Å²) in [5, 5.41) is 12.4. The largest absolute Gasteiger partial charge is 0.503 e. The van der Waals surface area contributed by atoms with Gasteiger partial charge in [-0.05, 0) is 55.1 Å². The molecule has 2 heterocycles. The Kier molecular flexibility index (Phi) is 6.29. The molecule has 2 aromatic carbocycles. The summed E-state index contributed by atoms with van der Waals surface area (Å²) < 4.78 is 28.7. The van der Waals surface area contributed by atoms with Gasteiger partial charge in [-0.25, -0.2) is 8.78 Å². The van der Waals surface area contributed by atoms with Crippen LogP contribution in [0.25, 0.3) is 0 Å². The molecule has 1 aromatic heterocycles. The fourth-order valence-electron chi connectivity index (χ4n) is 4.07. The zero-order valence-electron chi connectivity index (χ0n) is 18.1. The minimum absolute atomic E-state index is 0.165. The van der Waals surface area contributed by atoms with E-state index >= 15 is 0 Å². The number of anilines is 2. The monoisotopic (exact) mass is 468 g/mol. The molecule has 1 aliphatic heterocycles. The second kappa shape index (κ2) is 9.15. The van der Waals surface area contributed by atoms with Crippen molar-refractivity contribution in [3.63, 3.8) is 0 Å². The molecule has 1 unspecified atom stereocenters. The Hall–Kier alpha value is -3.52. The lowest BCUT2D eigenvalue weighted by atomic mass is 9.95. The van der Waals surface area contributed by atoms with Gasteiger partial charge in [0.1, 0.15) is 11.6 Å². The molecular weight excluding hydrogens is 446 g/mol. The highest BCUT2D eigenvalue weighted by atomic mass is 32.1. The van der Waals surface area contributed by atoms with Crippen molar-refractivity contribution in [3.05, 3.63) is 93.4 Å². The van der Waals surface area contributed by atoms with Gasteiger partial charge in [-0.3, -0.25) is 14.5 Å². The number of aliphatic hydroxyl groups is 1. The van der Waals surface area contributed by atoms with Crippen LogP contribution in [-0.2, 0) is 4.79 Å². The topological polar surface area (TPSA) is 60.9 Å². The predicted octanol–water partition coefficient (Wildman–Crippen LogP) is 5.66. The minimum Gasteiger partial charge on any atom is -0.503 e. The Morgan fingerprint density at radius 1 is 1.09 bits per heavy atom. The van der Waals surface area contributed by atoms with E-state index in [1.54, 1.807) is 29.6 Å². The Morgan fingerprint density at radius 2 is 1.79 bits per heavy atom. The highest BCUT2D eigenvalue weighted by Crippen LogP contribution is 2.43. The Morgan fingerprint density at radius 3 is 2.39 bits per heavy atom. The molecule has 5 nitrogen and oxygen atoms in total. The van der Waals surface area contributed by atoms with Crippen molar-refractivity contribution in [3.8, 4) is 0 Å². The first-order chi connectivity index (χ1) is 15.9. The molecule has 0 aliphatic carbocycles. The molecule has 0 fully saturated rings. The molecule has 0 saturated carbocycles. The van der Waals surface area contributed by atoms with Crippen molar-refractivity contribution < 1.29 is 23.5 Å². The van der Waals surface area contributed by atoms with E-state index < -0.39 is 35.1 Å². The van der Waals surface area contributed by atoms with E-state index in [1.807, 2.05) is 26.0 Å². The fourth-order valence-corrected chi connectivity index (χ4v) is 4.75. The summed E-state index contributed by atoms with van der Waals surface area (Å²) in [4.78, 5) is 29.8. The van der Waals surface area contributed by atoms with E-state index in [4.69, 9.17) is 0 Å². The maximum atomic E-state index is 14.7. The van der Waals surface area contributed by atoms with Crippen LogP contribution in [0.3, 0.4) is 0 Å². The van der Waals surface area contributed by atoms with Gasteiger partial charge in [-0.1, -0.05) is 18.2 Å². The summed E-state index contributed by atoms with van der Waals surface area (Å²) in [6, 6.07) is 12.0. The first-order valence-electron chi connectivity index (χ1n) is 10.5. The highest BCUT2D eigenvalue weighted by Gasteiger charge is 2.45. The van der Waals surface area contributed by atoms with E-state index in [0.717, 1.165) is 41.9 Å². The van der Waals surface area contributed by atoms with Gasteiger partial charge in [0.2, 0.25) is 5.78 Å². The molecular formula is C25H22F2N2O3S. The predicted molar refractivity (Wildman–Crippen MR) is 125 cm³/mol. The lowest BCUT2D eigenvalue weighted by Gasteiger charge is -2.28. The quantitative estimate of drug-likeness (QED) is 0.455. The van der Waals surface area contributed by atoms with Crippen molar-refractivity contribution in [2.45, 2.75) is 19.9 Å². The summed E-state index contributed by atoms with van der Waals surface area (Å²) in [5.41, 5.74) is 0.919. The molecule has 0 radical (unpaired) electrons. The number of amides is 1. The smallest absolute Gasteiger partial charge is 0.294 e. The third kappa shape index (κ3) is 4.02. The number of rotatable bonds is 7. The van der Waals surface area contributed by atoms with Gasteiger partial charge in [-0.15, -0.1) is 11.3 Å². The van der Waals surface area contributed by atoms with Gasteiger partial charge in [0, 0.05) is 24.8 Å². The van der Waals surface area contributed by atoms with E-state index in [2.05, 4.69) is 4.90 Å². The average Bonchev–Trinajstić information content (AvgIpc) is 3.44. The molecule has 1 amide bonds. The van der Waals surface area contributed by atoms with E-state index in [9.17, 15) is 23.5 Å². The third-order valence-electron chi connectivity index (χ3n) is 5.70. The maximum Gasteiger partial charge on any atom is 0.294 e. The number of Topliss-reactive ketones (excluding diaryl/α,β-unsaturated/α-hetero) is 1. The molecule has 33 heavy (non-hydrogen) atoms. The van der Waals surface area contributed by atoms with Crippen molar-refractivity contribution in [2.24, 2.45) is 0 Å². The van der Waals surface area contributed by atoms with Crippen LogP contribution in [0.15, 0.2) is 71.3 Å². The summed E-state index contributed by atoms with van der Waals surface area (Å²) in [7, 11) is 0. The van der Waals surface area contributed by atoms with Crippen molar-refractivity contribution in [1.29, 1.82) is 0 Å². The molecule has 170 valence electrons. The average molecular weight is 469 g/mol. The fraction of sp³-hybridized carbons (Fsp3) is 0.200. The summed E-state index contributed by atoms with van der Waals surface area (Å²) in [5.74, 6) is -3.85. The van der Waals surface area contributed by atoms with Crippen LogP contribution >= 0.6 is 11.3 Å². The van der Waals surface area contributed by atoms with Crippen LogP contribution in [0.2, 0.25) is 0 Å². The normalized spacial score (nSPS) is 15.9. The summed E-state index contributed by atoms with van der Waals surface area (Å²) >= 11 is 1.17. The van der Waals surface area contributed by atoms with Crippen LogP contribution in [0.1, 0.15) is 35.1 Å². The molecule has 0 spiro atoms. The van der Waals surface area contributed by atoms with Gasteiger partial charge < -0.3 is 10.0 Å². The van der Waals surface area contributed by atoms with Crippen molar-refractivity contribution >= 4 is 34.4 Å². The van der Waals surface area contributed by atoms with Crippen LogP contribution in [0, 0.1) is 11.6 Å². The second-order valence-corrected chi connectivity index (χ2v) is 8.45. The number of thiophene rings is 1. The van der Waals surface area contributed by atoms with Crippen LogP contribution < -0.4 is 9.80 Å². The molecule has 1 atom stereocenters. The maximum absolute atomic E-state index is 14.7. The molecule has 3 aromatic rings. The van der Waals surface area contributed by atoms with Gasteiger partial charge in [0.25, 0.3) is 5.91 Å². The van der Waals surface area contributed by atoms with Gasteiger partial charge in [0.05, 0.1) is 22.2 Å². The van der Waals surface area contributed by atoms with E-state index in [-0.39, 0.29) is 11.3 Å². The number of halogens is 2. The lowest BCUT2D eigenvalue weighted by molar-refractivity contribution is -0.117. The second-order valence-electron chi connectivity index (χ2n) is 7.51. The zero-order chi connectivity index (χ0) is 23.7. The molecule has 0 saturated heterocycles. The number of hydrogen-bond donors (Lipinski definition) is 1. The van der Waals surface area contributed by atoms with Crippen molar-refractivity contribution in [1.82, 2.24) is 0 Å². The van der Waals surface area contributed by atoms with Crippen LogP contribution in [0.5, 0.6) is 0 Å². The molecule has 0 bridgehead atoms. The number of benzene rings is 2. The lowest BCUT2D eigenvalue weighted by Crippen LogP contribution is -2.32. The van der Waals surface area contributed by atoms with Gasteiger partial charge in [0.15, 0.2) is 5.76 Å². The number of ketones is 1. The Balaban J connectivity index is 1.87. The van der Waals surface area contributed by atoms with Crippen molar-refractivity contribution in [2.75, 3.05) is 22.9 Å². The molecule has 1 aliphatic rings. The van der Waals surface area contributed by atoms with Crippen LogP contribution in [-0.4, -0.2) is 29.9 Å².